The highest BCUT2D eigenvalue weighted by Crippen LogP contribution is 2.36. The number of rotatable bonds is 5. The SMILES string of the molecule is N#Cc1c(N)nc2c(c1-c1ccc(COc3ccccc3[N+](=O)[O-])o1)CCCCC2. The van der Waals surface area contributed by atoms with E-state index < -0.39 is 4.92 Å². The highest BCUT2D eigenvalue weighted by atomic mass is 16.6. The molecule has 0 spiro atoms. The lowest BCUT2D eigenvalue weighted by Gasteiger charge is -2.14. The van der Waals surface area contributed by atoms with Crippen LogP contribution < -0.4 is 10.5 Å². The normalized spacial score (nSPS) is 13.2. The summed E-state index contributed by atoms with van der Waals surface area (Å²) >= 11 is 0. The third-order valence-electron chi connectivity index (χ3n) is 5.20. The number of aryl methyl sites for hydroxylation is 1. The Morgan fingerprint density at radius 1 is 1.20 bits per heavy atom. The fourth-order valence-corrected chi connectivity index (χ4v) is 3.79. The van der Waals surface area contributed by atoms with E-state index in [2.05, 4.69) is 11.1 Å². The predicted octanol–water partition coefficient (Wildman–Crippen LogP) is 4.55. The number of nitro groups is 1. The van der Waals surface area contributed by atoms with E-state index >= 15 is 0 Å². The molecular weight excluding hydrogens is 384 g/mol. The van der Waals surface area contributed by atoms with Crippen molar-refractivity contribution in [2.75, 3.05) is 5.73 Å². The Hall–Kier alpha value is -3.86. The average Bonchev–Trinajstić information content (AvgIpc) is 3.09. The van der Waals surface area contributed by atoms with Crippen molar-refractivity contribution in [2.45, 2.75) is 38.7 Å². The van der Waals surface area contributed by atoms with Crippen molar-refractivity contribution in [2.24, 2.45) is 0 Å². The number of nitriles is 1. The summed E-state index contributed by atoms with van der Waals surface area (Å²) in [6.07, 6.45) is 4.80. The first-order chi connectivity index (χ1) is 14.6. The van der Waals surface area contributed by atoms with Gasteiger partial charge in [0.1, 0.15) is 35.6 Å². The van der Waals surface area contributed by atoms with Gasteiger partial charge >= 0.3 is 5.69 Å². The standard InChI is InChI=1S/C22H20N4O4/c23-12-16-21(15-6-2-1-3-7-17(15)25-22(16)24)20-11-10-14(30-20)13-29-19-9-5-4-8-18(19)26(27)28/h4-5,8-11H,1-3,6-7,13H2,(H2,24,25). The first kappa shape index (κ1) is 19.5. The second kappa shape index (κ2) is 8.25. The molecule has 0 amide bonds. The van der Waals surface area contributed by atoms with Crippen LogP contribution in [0.2, 0.25) is 0 Å². The Labute approximate surface area is 173 Å². The maximum absolute atomic E-state index is 11.1. The molecule has 2 N–H and O–H groups in total. The summed E-state index contributed by atoms with van der Waals surface area (Å²) in [5, 5.41) is 20.8. The number of hydrogen-bond acceptors (Lipinski definition) is 7. The lowest BCUT2D eigenvalue weighted by Crippen LogP contribution is -2.06. The Bertz CT molecular complexity index is 1150. The van der Waals surface area contributed by atoms with Crippen molar-refractivity contribution < 1.29 is 14.1 Å². The number of nitrogens with two attached hydrogens (primary N) is 1. The number of nitrogens with zero attached hydrogens (tertiary/aromatic N) is 3. The monoisotopic (exact) mass is 404 g/mol. The molecular formula is C22H20N4O4. The Morgan fingerprint density at radius 2 is 2.00 bits per heavy atom. The van der Waals surface area contributed by atoms with Gasteiger partial charge in [-0.2, -0.15) is 5.26 Å². The van der Waals surface area contributed by atoms with E-state index in [4.69, 9.17) is 14.9 Å². The molecule has 0 bridgehead atoms. The number of nitrogen functional groups attached to an aromatic ring is 1. The molecule has 1 aliphatic carbocycles. The summed E-state index contributed by atoms with van der Waals surface area (Å²) < 4.78 is 11.6. The third-order valence-corrected chi connectivity index (χ3v) is 5.20. The lowest BCUT2D eigenvalue weighted by molar-refractivity contribution is -0.386. The molecule has 30 heavy (non-hydrogen) atoms. The molecule has 0 unspecified atom stereocenters. The first-order valence-electron chi connectivity index (χ1n) is 9.75. The molecule has 0 saturated heterocycles. The fourth-order valence-electron chi connectivity index (χ4n) is 3.79. The van der Waals surface area contributed by atoms with Crippen molar-refractivity contribution in [1.29, 1.82) is 5.26 Å². The molecule has 152 valence electrons. The van der Waals surface area contributed by atoms with E-state index in [1.165, 1.54) is 6.07 Å². The number of nitro benzene ring substituents is 1. The number of ether oxygens (including phenoxy) is 1. The van der Waals surface area contributed by atoms with Crippen LogP contribution in [-0.4, -0.2) is 9.91 Å². The number of pyridine rings is 1. The molecule has 0 radical (unpaired) electrons. The Balaban J connectivity index is 1.66. The molecule has 2 aromatic heterocycles. The van der Waals surface area contributed by atoms with E-state index in [0.29, 0.717) is 22.6 Å². The highest BCUT2D eigenvalue weighted by Gasteiger charge is 2.23. The van der Waals surface area contributed by atoms with Crippen molar-refractivity contribution in [3.8, 4) is 23.1 Å². The fraction of sp³-hybridized carbons (Fsp3) is 0.273. The predicted molar refractivity (Wildman–Crippen MR) is 110 cm³/mol. The molecule has 2 heterocycles. The molecule has 8 nitrogen and oxygen atoms in total. The van der Waals surface area contributed by atoms with Crippen molar-refractivity contribution >= 4 is 11.5 Å². The van der Waals surface area contributed by atoms with Gasteiger partial charge in [0.25, 0.3) is 0 Å². The minimum atomic E-state index is -0.489. The zero-order valence-electron chi connectivity index (χ0n) is 16.3. The van der Waals surface area contributed by atoms with Crippen LogP contribution in [0.15, 0.2) is 40.8 Å². The van der Waals surface area contributed by atoms with Gasteiger partial charge in [0.15, 0.2) is 5.75 Å². The number of para-hydroxylation sites is 2. The van der Waals surface area contributed by atoms with Crippen LogP contribution in [0.3, 0.4) is 0 Å². The zero-order chi connectivity index (χ0) is 21.1. The smallest absolute Gasteiger partial charge is 0.310 e. The lowest BCUT2D eigenvalue weighted by atomic mass is 9.95. The van der Waals surface area contributed by atoms with E-state index in [-0.39, 0.29) is 23.9 Å². The van der Waals surface area contributed by atoms with Crippen LogP contribution in [0.25, 0.3) is 11.3 Å². The molecule has 0 fully saturated rings. The molecule has 1 aliphatic rings. The molecule has 0 atom stereocenters. The van der Waals surface area contributed by atoms with Crippen LogP contribution in [0.4, 0.5) is 11.5 Å². The number of hydrogen-bond donors (Lipinski definition) is 1. The van der Waals surface area contributed by atoms with Crippen molar-refractivity contribution in [3.63, 3.8) is 0 Å². The Kier molecular flexibility index (Phi) is 5.35. The minimum absolute atomic E-state index is 0.0233. The Morgan fingerprint density at radius 3 is 2.80 bits per heavy atom. The molecule has 0 aliphatic heterocycles. The van der Waals surface area contributed by atoms with Crippen LogP contribution in [0, 0.1) is 21.4 Å². The summed E-state index contributed by atoms with van der Waals surface area (Å²) in [7, 11) is 0. The molecule has 4 rings (SSSR count). The summed E-state index contributed by atoms with van der Waals surface area (Å²) in [4.78, 5) is 15.1. The topological polar surface area (TPSA) is 128 Å². The third kappa shape index (κ3) is 3.70. The van der Waals surface area contributed by atoms with Crippen LogP contribution in [0.5, 0.6) is 5.75 Å². The van der Waals surface area contributed by atoms with Crippen molar-refractivity contribution in [1.82, 2.24) is 4.98 Å². The van der Waals surface area contributed by atoms with Crippen molar-refractivity contribution in [3.05, 3.63) is 69.1 Å². The second-order valence-electron chi connectivity index (χ2n) is 7.12. The first-order valence-corrected chi connectivity index (χ1v) is 9.75. The van der Waals surface area contributed by atoms with E-state index in [9.17, 15) is 15.4 Å². The molecule has 3 aromatic rings. The molecule has 8 heteroatoms. The van der Waals surface area contributed by atoms with Gasteiger partial charge in [-0.1, -0.05) is 18.6 Å². The molecule has 1 aromatic carbocycles. The number of benzene rings is 1. The maximum Gasteiger partial charge on any atom is 0.310 e. The van der Waals surface area contributed by atoms with Gasteiger partial charge in [0, 0.05) is 17.3 Å². The summed E-state index contributed by atoms with van der Waals surface area (Å²) in [5.74, 6) is 1.40. The maximum atomic E-state index is 11.1. The van der Waals surface area contributed by atoms with Gasteiger partial charge in [-0.15, -0.1) is 0 Å². The van der Waals surface area contributed by atoms with Gasteiger partial charge in [-0.3, -0.25) is 10.1 Å². The van der Waals surface area contributed by atoms with Gasteiger partial charge in [0.05, 0.1) is 4.92 Å². The number of fused-ring (bicyclic) bond motifs is 1. The number of aromatic nitrogens is 1. The largest absolute Gasteiger partial charge is 0.479 e. The second-order valence-corrected chi connectivity index (χ2v) is 7.12. The van der Waals surface area contributed by atoms with Gasteiger partial charge in [-0.05, 0) is 49.4 Å². The van der Waals surface area contributed by atoms with E-state index in [0.717, 1.165) is 43.4 Å². The number of anilines is 1. The molecule has 0 saturated carbocycles. The van der Waals surface area contributed by atoms with Gasteiger partial charge in [-0.25, -0.2) is 4.98 Å². The highest BCUT2D eigenvalue weighted by molar-refractivity contribution is 5.76. The summed E-state index contributed by atoms with van der Waals surface area (Å²) in [6.45, 7) is 0.0233. The van der Waals surface area contributed by atoms with E-state index in [1.807, 2.05) is 0 Å². The van der Waals surface area contributed by atoms with Gasteiger partial charge in [0.2, 0.25) is 0 Å². The summed E-state index contributed by atoms with van der Waals surface area (Å²) in [6, 6.07) is 11.9. The average molecular weight is 404 g/mol. The quantitative estimate of drug-likeness (QED) is 0.375. The van der Waals surface area contributed by atoms with Crippen LogP contribution >= 0.6 is 0 Å². The zero-order valence-corrected chi connectivity index (χ0v) is 16.3. The van der Waals surface area contributed by atoms with Gasteiger partial charge < -0.3 is 14.9 Å². The minimum Gasteiger partial charge on any atom is -0.479 e. The summed E-state index contributed by atoms with van der Waals surface area (Å²) in [5.41, 5.74) is 8.91. The van der Waals surface area contributed by atoms with Crippen LogP contribution in [-0.2, 0) is 19.4 Å². The van der Waals surface area contributed by atoms with E-state index in [1.54, 1.807) is 30.3 Å². The van der Waals surface area contributed by atoms with Crippen LogP contribution in [0.1, 0.15) is 41.8 Å². The number of furan rings is 1.